The lowest BCUT2D eigenvalue weighted by molar-refractivity contribution is 0.287. The van der Waals surface area contributed by atoms with Gasteiger partial charge >= 0.3 is 0 Å². The first-order chi connectivity index (χ1) is 11.4. The van der Waals surface area contributed by atoms with E-state index in [4.69, 9.17) is 5.11 Å². The van der Waals surface area contributed by atoms with Crippen LogP contribution in [0.25, 0.3) is 10.7 Å². The fourth-order valence-electron chi connectivity index (χ4n) is 2.27. The van der Waals surface area contributed by atoms with E-state index in [1.165, 1.54) is 5.56 Å². The molecule has 0 spiro atoms. The van der Waals surface area contributed by atoms with Gasteiger partial charge in [-0.3, -0.25) is 4.57 Å². The Hall–Kier alpha value is -1.63. The Balaban J connectivity index is 1.84. The smallest absolute Gasteiger partial charge is 0.191 e. The van der Waals surface area contributed by atoms with Gasteiger partial charge in [-0.1, -0.05) is 48.2 Å². The van der Waals surface area contributed by atoms with Crippen LogP contribution in [0.15, 0.2) is 53.0 Å². The molecule has 0 aliphatic carbocycles. The number of unbranched alkanes of at least 4 members (excludes halogenated alkanes) is 1. The van der Waals surface area contributed by atoms with Crippen LogP contribution >= 0.6 is 23.1 Å². The van der Waals surface area contributed by atoms with E-state index in [2.05, 4.69) is 50.5 Å². The lowest BCUT2D eigenvalue weighted by Crippen LogP contribution is -2.03. The van der Waals surface area contributed by atoms with Crippen molar-refractivity contribution in [3.8, 4) is 10.7 Å². The van der Waals surface area contributed by atoms with Crippen LogP contribution in [0.5, 0.6) is 0 Å². The minimum atomic E-state index is 0.248. The lowest BCUT2D eigenvalue weighted by atomic mass is 10.2. The van der Waals surface area contributed by atoms with E-state index in [0.29, 0.717) is 0 Å². The van der Waals surface area contributed by atoms with E-state index in [1.54, 1.807) is 23.1 Å². The van der Waals surface area contributed by atoms with Crippen LogP contribution in [0.1, 0.15) is 18.4 Å². The highest BCUT2D eigenvalue weighted by molar-refractivity contribution is 7.99. The topological polar surface area (TPSA) is 50.9 Å². The van der Waals surface area contributed by atoms with E-state index >= 15 is 0 Å². The van der Waals surface area contributed by atoms with Crippen LogP contribution in [0, 0.1) is 0 Å². The van der Waals surface area contributed by atoms with Crippen LogP contribution in [0.4, 0.5) is 0 Å². The Morgan fingerprint density at radius 1 is 1.04 bits per heavy atom. The SMILES string of the molecule is OCCCCSc1nnc(-c2cccs2)n1Cc1ccccc1. The fourth-order valence-corrected chi connectivity index (χ4v) is 3.92. The summed E-state index contributed by atoms with van der Waals surface area (Å²) in [4.78, 5) is 1.13. The molecule has 0 atom stereocenters. The summed E-state index contributed by atoms with van der Waals surface area (Å²) in [6.45, 7) is 1.01. The molecule has 4 nitrogen and oxygen atoms in total. The van der Waals surface area contributed by atoms with Gasteiger partial charge in [-0.05, 0) is 29.9 Å². The Bertz CT molecular complexity index is 711. The Labute approximate surface area is 144 Å². The zero-order chi connectivity index (χ0) is 15.9. The number of benzene rings is 1. The van der Waals surface area contributed by atoms with Gasteiger partial charge in [0.1, 0.15) is 0 Å². The third-order valence-corrected chi connectivity index (χ3v) is 5.34. The average molecular weight is 345 g/mol. The molecule has 120 valence electrons. The first kappa shape index (κ1) is 16.2. The van der Waals surface area contributed by atoms with Crippen molar-refractivity contribution in [3.05, 3.63) is 53.4 Å². The van der Waals surface area contributed by atoms with Gasteiger partial charge in [-0.2, -0.15) is 0 Å². The molecule has 1 N–H and O–H groups in total. The summed E-state index contributed by atoms with van der Waals surface area (Å²) in [6.07, 6.45) is 1.81. The van der Waals surface area contributed by atoms with Gasteiger partial charge < -0.3 is 5.11 Å². The van der Waals surface area contributed by atoms with Crippen molar-refractivity contribution in [2.45, 2.75) is 24.5 Å². The van der Waals surface area contributed by atoms with E-state index in [1.807, 2.05) is 12.1 Å². The van der Waals surface area contributed by atoms with Crippen molar-refractivity contribution in [2.75, 3.05) is 12.4 Å². The van der Waals surface area contributed by atoms with Gasteiger partial charge in [0.25, 0.3) is 0 Å². The zero-order valence-electron chi connectivity index (χ0n) is 12.8. The monoisotopic (exact) mass is 345 g/mol. The van der Waals surface area contributed by atoms with Crippen molar-refractivity contribution >= 4 is 23.1 Å². The van der Waals surface area contributed by atoms with Crippen molar-refractivity contribution in [3.63, 3.8) is 0 Å². The number of nitrogens with zero attached hydrogens (tertiary/aromatic N) is 3. The number of thioether (sulfide) groups is 1. The molecule has 3 aromatic rings. The molecule has 0 unspecified atom stereocenters. The van der Waals surface area contributed by atoms with Gasteiger partial charge in [-0.15, -0.1) is 21.5 Å². The number of thiophene rings is 1. The highest BCUT2D eigenvalue weighted by Gasteiger charge is 2.15. The Kier molecular flexibility index (Phi) is 5.85. The molecular formula is C17H19N3OS2. The summed E-state index contributed by atoms with van der Waals surface area (Å²) in [5, 5.41) is 20.7. The van der Waals surface area contributed by atoms with E-state index in [0.717, 1.165) is 41.0 Å². The molecule has 3 rings (SSSR count). The van der Waals surface area contributed by atoms with E-state index in [-0.39, 0.29) is 6.61 Å². The summed E-state index contributed by atoms with van der Waals surface area (Å²) in [7, 11) is 0. The molecule has 0 fully saturated rings. The summed E-state index contributed by atoms with van der Waals surface area (Å²) in [6, 6.07) is 14.5. The van der Waals surface area contributed by atoms with Crippen LogP contribution in [-0.4, -0.2) is 32.2 Å². The quantitative estimate of drug-likeness (QED) is 0.497. The maximum atomic E-state index is 8.90. The maximum Gasteiger partial charge on any atom is 0.191 e. The lowest BCUT2D eigenvalue weighted by Gasteiger charge is -2.09. The highest BCUT2D eigenvalue weighted by atomic mass is 32.2. The summed E-state index contributed by atoms with van der Waals surface area (Å²) >= 11 is 3.39. The number of aliphatic hydroxyl groups excluding tert-OH is 1. The minimum absolute atomic E-state index is 0.248. The summed E-state index contributed by atoms with van der Waals surface area (Å²) < 4.78 is 2.19. The number of rotatable bonds is 8. The molecule has 2 heterocycles. The molecule has 0 aliphatic rings. The summed E-state index contributed by atoms with van der Waals surface area (Å²) in [5.74, 6) is 1.87. The fraction of sp³-hybridized carbons (Fsp3) is 0.294. The molecule has 0 radical (unpaired) electrons. The molecule has 0 saturated carbocycles. The molecule has 0 bridgehead atoms. The van der Waals surface area contributed by atoms with Gasteiger partial charge in [0.15, 0.2) is 11.0 Å². The van der Waals surface area contributed by atoms with E-state index in [9.17, 15) is 0 Å². The first-order valence-electron chi connectivity index (χ1n) is 7.63. The van der Waals surface area contributed by atoms with Crippen molar-refractivity contribution in [1.29, 1.82) is 0 Å². The molecule has 0 aliphatic heterocycles. The average Bonchev–Trinajstić information content (AvgIpc) is 3.23. The molecular weight excluding hydrogens is 326 g/mol. The predicted molar refractivity (Wildman–Crippen MR) is 95.9 cm³/mol. The second-order valence-electron chi connectivity index (χ2n) is 5.13. The number of hydrogen-bond acceptors (Lipinski definition) is 5. The molecule has 6 heteroatoms. The standard InChI is InChI=1S/C17H19N3OS2/c21-10-4-5-11-23-17-19-18-16(15-9-6-12-22-15)20(17)13-14-7-2-1-3-8-14/h1-3,6-9,12,21H,4-5,10-11,13H2. The second kappa shape index (κ2) is 8.29. The van der Waals surface area contributed by atoms with Crippen molar-refractivity contribution < 1.29 is 5.11 Å². The number of aliphatic hydroxyl groups is 1. The molecule has 23 heavy (non-hydrogen) atoms. The first-order valence-corrected chi connectivity index (χ1v) is 9.49. The maximum absolute atomic E-state index is 8.90. The van der Waals surface area contributed by atoms with Crippen LogP contribution in [0.2, 0.25) is 0 Å². The van der Waals surface area contributed by atoms with Gasteiger partial charge in [0, 0.05) is 12.4 Å². The Morgan fingerprint density at radius 2 is 1.91 bits per heavy atom. The van der Waals surface area contributed by atoms with Crippen LogP contribution in [0.3, 0.4) is 0 Å². The van der Waals surface area contributed by atoms with E-state index < -0.39 is 0 Å². The van der Waals surface area contributed by atoms with Gasteiger partial charge in [0.05, 0.1) is 11.4 Å². The van der Waals surface area contributed by atoms with Crippen LogP contribution in [-0.2, 0) is 6.54 Å². The zero-order valence-corrected chi connectivity index (χ0v) is 14.4. The van der Waals surface area contributed by atoms with Crippen molar-refractivity contribution in [2.24, 2.45) is 0 Å². The Morgan fingerprint density at radius 3 is 2.65 bits per heavy atom. The predicted octanol–water partition coefficient (Wildman–Crippen LogP) is 3.92. The molecule has 2 aromatic heterocycles. The number of hydrogen-bond donors (Lipinski definition) is 1. The minimum Gasteiger partial charge on any atom is -0.396 e. The normalized spacial score (nSPS) is 11.0. The van der Waals surface area contributed by atoms with Gasteiger partial charge in [0.2, 0.25) is 0 Å². The molecule has 0 saturated heterocycles. The second-order valence-corrected chi connectivity index (χ2v) is 7.14. The van der Waals surface area contributed by atoms with Crippen molar-refractivity contribution in [1.82, 2.24) is 14.8 Å². The highest BCUT2D eigenvalue weighted by Crippen LogP contribution is 2.28. The molecule has 0 amide bonds. The van der Waals surface area contributed by atoms with Gasteiger partial charge in [-0.25, -0.2) is 0 Å². The number of aromatic nitrogens is 3. The third kappa shape index (κ3) is 4.22. The largest absolute Gasteiger partial charge is 0.396 e. The summed E-state index contributed by atoms with van der Waals surface area (Å²) in [5.41, 5.74) is 1.24. The van der Waals surface area contributed by atoms with Crippen LogP contribution < -0.4 is 0 Å². The molecule has 1 aromatic carbocycles. The third-order valence-electron chi connectivity index (χ3n) is 3.43.